The van der Waals surface area contributed by atoms with Crippen LogP contribution in [0.5, 0.6) is 5.75 Å². The fourth-order valence-corrected chi connectivity index (χ4v) is 4.21. The molecule has 0 amide bonds. The topological polar surface area (TPSA) is 38.2 Å². The van der Waals surface area contributed by atoms with Crippen molar-refractivity contribution in [3.8, 4) is 16.9 Å². The maximum atomic E-state index is 6.19. The number of benzene rings is 1. The highest BCUT2D eigenvalue weighted by molar-refractivity contribution is 7.19. The zero-order chi connectivity index (χ0) is 18.0. The number of thiophene rings is 1. The quantitative estimate of drug-likeness (QED) is 0.528. The van der Waals surface area contributed by atoms with E-state index in [1.165, 1.54) is 10.4 Å². The Morgan fingerprint density at radius 2 is 1.92 bits per heavy atom. The van der Waals surface area contributed by atoms with E-state index in [2.05, 4.69) is 47.9 Å². The molecule has 3 aromatic rings. The molecule has 0 saturated heterocycles. The van der Waals surface area contributed by atoms with E-state index in [-0.39, 0.29) is 0 Å². The number of methoxy groups -OCH3 is 1. The van der Waals surface area contributed by atoms with Gasteiger partial charge in [-0.25, -0.2) is 4.98 Å². The molecule has 132 valence electrons. The van der Waals surface area contributed by atoms with Gasteiger partial charge in [0.05, 0.1) is 12.5 Å². The van der Waals surface area contributed by atoms with Gasteiger partial charge in [0.25, 0.3) is 0 Å². The SMILES string of the molecule is CCCCN(C)c1nc(Cl)nc2sc(C)c(-c3ccc(OC)cc3)c12. The standard InChI is InChI=1S/C19H22ClN3OS/c1-5-6-11-23(3)17-16-15(13-7-9-14(24-4)10-8-13)12(2)25-18(16)22-19(20)21-17/h7-10H,5-6,11H2,1-4H3. The van der Waals surface area contributed by atoms with Crippen LogP contribution in [-0.4, -0.2) is 30.7 Å². The molecule has 0 aliphatic carbocycles. The van der Waals surface area contributed by atoms with E-state index in [4.69, 9.17) is 16.3 Å². The second kappa shape index (κ2) is 7.58. The van der Waals surface area contributed by atoms with Crippen molar-refractivity contribution in [2.45, 2.75) is 26.7 Å². The number of halogens is 1. The van der Waals surface area contributed by atoms with Gasteiger partial charge >= 0.3 is 0 Å². The maximum Gasteiger partial charge on any atom is 0.225 e. The molecule has 0 unspecified atom stereocenters. The number of ether oxygens (including phenoxy) is 1. The molecule has 2 aromatic heterocycles. The Bertz CT molecular complexity index is 877. The van der Waals surface area contributed by atoms with Gasteiger partial charge in [-0.05, 0) is 42.6 Å². The molecule has 4 nitrogen and oxygen atoms in total. The Kier molecular flexibility index (Phi) is 5.45. The molecule has 0 fully saturated rings. The fraction of sp³-hybridized carbons (Fsp3) is 0.368. The first-order valence-corrected chi connectivity index (χ1v) is 9.56. The fourth-order valence-electron chi connectivity index (χ4n) is 2.95. The lowest BCUT2D eigenvalue weighted by Gasteiger charge is -2.19. The van der Waals surface area contributed by atoms with Crippen LogP contribution in [0.3, 0.4) is 0 Å². The number of nitrogens with zero attached hydrogens (tertiary/aromatic N) is 3. The summed E-state index contributed by atoms with van der Waals surface area (Å²) in [6.07, 6.45) is 2.25. The van der Waals surface area contributed by atoms with Gasteiger partial charge in [-0.3, -0.25) is 0 Å². The third kappa shape index (κ3) is 3.58. The van der Waals surface area contributed by atoms with E-state index in [1.807, 2.05) is 12.1 Å². The molecular weight excluding hydrogens is 354 g/mol. The molecule has 3 rings (SSSR count). The van der Waals surface area contributed by atoms with Gasteiger partial charge in [-0.1, -0.05) is 25.5 Å². The molecule has 0 atom stereocenters. The van der Waals surface area contributed by atoms with Crippen LogP contribution in [-0.2, 0) is 0 Å². The van der Waals surface area contributed by atoms with E-state index in [0.717, 1.165) is 46.7 Å². The second-order valence-electron chi connectivity index (χ2n) is 6.03. The summed E-state index contributed by atoms with van der Waals surface area (Å²) in [5.41, 5.74) is 2.32. The molecule has 0 aliphatic rings. The van der Waals surface area contributed by atoms with Crippen LogP contribution in [0, 0.1) is 6.92 Å². The first kappa shape index (κ1) is 18.0. The minimum absolute atomic E-state index is 0.299. The lowest BCUT2D eigenvalue weighted by atomic mass is 10.0. The van der Waals surface area contributed by atoms with Crippen molar-refractivity contribution in [1.82, 2.24) is 9.97 Å². The Balaban J connectivity index is 2.19. The van der Waals surface area contributed by atoms with Gasteiger partial charge in [0.15, 0.2) is 0 Å². The lowest BCUT2D eigenvalue weighted by Crippen LogP contribution is -2.20. The van der Waals surface area contributed by atoms with Crippen molar-refractivity contribution < 1.29 is 4.74 Å². The summed E-state index contributed by atoms with van der Waals surface area (Å²) in [5, 5.41) is 1.38. The molecule has 0 saturated carbocycles. The number of hydrogen-bond donors (Lipinski definition) is 0. The second-order valence-corrected chi connectivity index (χ2v) is 7.57. The van der Waals surface area contributed by atoms with Gasteiger partial charge in [0.2, 0.25) is 5.28 Å². The summed E-state index contributed by atoms with van der Waals surface area (Å²) >= 11 is 7.85. The van der Waals surface area contributed by atoms with Crippen molar-refractivity contribution in [2.24, 2.45) is 0 Å². The Hall–Kier alpha value is -1.85. The molecular formula is C19H22ClN3OS. The summed E-state index contributed by atoms with van der Waals surface area (Å²) in [6, 6.07) is 8.13. The monoisotopic (exact) mass is 375 g/mol. The van der Waals surface area contributed by atoms with Crippen molar-refractivity contribution in [3.05, 3.63) is 34.4 Å². The smallest absolute Gasteiger partial charge is 0.225 e. The molecule has 2 heterocycles. The molecule has 0 bridgehead atoms. The average Bonchev–Trinajstić information content (AvgIpc) is 2.94. The number of anilines is 1. The summed E-state index contributed by atoms with van der Waals surface area (Å²) < 4.78 is 5.28. The van der Waals surface area contributed by atoms with Gasteiger partial charge in [-0.2, -0.15) is 4.98 Å². The van der Waals surface area contributed by atoms with E-state index in [1.54, 1.807) is 18.4 Å². The minimum Gasteiger partial charge on any atom is -0.497 e. The number of fused-ring (bicyclic) bond motifs is 1. The summed E-state index contributed by atoms with van der Waals surface area (Å²) in [6.45, 7) is 5.25. The molecule has 6 heteroatoms. The van der Waals surface area contributed by atoms with Crippen LogP contribution in [0.4, 0.5) is 5.82 Å². The molecule has 1 aromatic carbocycles. The van der Waals surface area contributed by atoms with Gasteiger partial charge in [0.1, 0.15) is 16.4 Å². The minimum atomic E-state index is 0.299. The normalized spacial score (nSPS) is 11.1. The van der Waals surface area contributed by atoms with Gasteiger partial charge < -0.3 is 9.64 Å². The van der Waals surface area contributed by atoms with Crippen molar-refractivity contribution in [3.63, 3.8) is 0 Å². The highest BCUT2D eigenvalue weighted by Crippen LogP contribution is 2.42. The van der Waals surface area contributed by atoms with Crippen molar-refractivity contribution >= 4 is 39.0 Å². The molecule has 0 spiro atoms. The summed E-state index contributed by atoms with van der Waals surface area (Å²) in [4.78, 5) is 13.3. The van der Waals surface area contributed by atoms with E-state index < -0.39 is 0 Å². The van der Waals surface area contributed by atoms with Crippen LogP contribution in [0.15, 0.2) is 24.3 Å². The highest BCUT2D eigenvalue weighted by Gasteiger charge is 2.20. The lowest BCUT2D eigenvalue weighted by molar-refractivity contribution is 0.415. The predicted octanol–water partition coefficient (Wildman–Crippen LogP) is 5.57. The largest absolute Gasteiger partial charge is 0.497 e. The zero-order valence-corrected chi connectivity index (χ0v) is 16.5. The number of unbranched alkanes of at least 4 members (excludes halogenated alkanes) is 1. The van der Waals surface area contributed by atoms with Crippen LogP contribution in [0.2, 0.25) is 5.28 Å². The maximum absolute atomic E-state index is 6.19. The third-order valence-electron chi connectivity index (χ3n) is 4.27. The van der Waals surface area contributed by atoms with Crippen LogP contribution < -0.4 is 9.64 Å². The Morgan fingerprint density at radius 3 is 2.56 bits per heavy atom. The number of hydrogen-bond acceptors (Lipinski definition) is 5. The van der Waals surface area contributed by atoms with E-state index in [9.17, 15) is 0 Å². The van der Waals surface area contributed by atoms with Crippen LogP contribution in [0.1, 0.15) is 24.6 Å². The van der Waals surface area contributed by atoms with Crippen LogP contribution in [0.25, 0.3) is 21.3 Å². The van der Waals surface area contributed by atoms with Crippen molar-refractivity contribution in [2.75, 3.05) is 25.6 Å². The van der Waals surface area contributed by atoms with Gasteiger partial charge in [-0.15, -0.1) is 11.3 Å². The zero-order valence-electron chi connectivity index (χ0n) is 15.0. The first-order chi connectivity index (χ1) is 12.0. The molecule has 25 heavy (non-hydrogen) atoms. The Morgan fingerprint density at radius 1 is 1.20 bits per heavy atom. The Labute approximate surface area is 157 Å². The predicted molar refractivity (Wildman–Crippen MR) is 107 cm³/mol. The first-order valence-electron chi connectivity index (χ1n) is 8.37. The highest BCUT2D eigenvalue weighted by atomic mass is 35.5. The summed E-state index contributed by atoms with van der Waals surface area (Å²) in [5.74, 6) is 1.75. The number of aryl methyl sites for hydroxylation is 1. The van der Waals surface area contributed by atoms with E-state index >= 15 is 0 Å². The van der Waals surface area contributed by atoms with E-state index in [0.29, 0.717) is 5.28 Å². The summed E-state index contributed by atoms with van der Waals surface area (Å²) in [7, 11) is 3.75. The molecule has 0 radical (unpaired) electrons. The van der Waals surface area contributed by atoms with Gasteiger partial charge in [0, 0.05) is 24.0 Å². The third-order valence-corrected chi connectivity index (χ3v) is 5.44. The van der Waals surface area contributed by atoms with Crippen LogP contribution >= 0.6 is 22.9 Å². The number of rotatable bonds is 6. The number of aromatic nitrogens is 2. The average molecular weight is 376 g/mol. The molecule has 0 aliphatic heterocycles. The molecule has 0 N–H and O–H groups in total. The van der Waals surface area contributed by atoms with Crippen molar-refractivity contribution in [1.29, 1.82) is 0 Å².